The maximum Gasteiger partial charge on any atom is 0.500 e. The summed E-state index contributed by atoms with van der Waals surface area (Å²) in [6, 6.07) is 16.5. The molecule has 10 heteroatoms. The predicted octanol–water partition coefficient (Wildman–Crippen LogP) is 5.94. The first-order valence-electron chi connectivity index (χ1n) is 11.9. The lowest BCUT2D eigenvalue weighted by Gasteiger charge is -2.28. The first-order chi connectivity index (χ1) is 16.9. The van der Waals surface area contributed by atoms with Crippen LogP contribution in [0.2, 0.25) is 6.04 Å². The Bertz CT molecular complexity index is 881. The summed E-state index contributed by atoms with van der Waals surface area (Å²) in [5, 5.41) is 10.8. The van der Waals surface area contributed by atoms with Crippen molar-refractivity contribution in [2.75, 3.05) is 25.6 Å². The van der Waals surface area contributed by atoms with E-state index in [1.165, 1.54) is 12.1 Å². The van der Waals surface area contributed by atoms with Crippen molar-refractivity contribution in [2.45, 2.75) is 51.5 Å². The average molecular weight is 522 g/mol. The first kappa shape index (κ1) is 29.0. The zero-order chi connectivity index (χ0) is 25.5. The minimum atomic E-state index is -2.73. The number of rotatable bonds is 17. The summed E-state index contributed by atoms with van der Waals surface area (Å²) >= 11 is 1.62. The Hall–Kier alpha value is -2.24. The summed E-state index contributed by atoms with van der Waals surface area (Å²) in [5.74, 6) is 0.432. The van der Waals surface area contributed by atoms with E-state index in [4.69, 9.17) is 18.0 Å². The summed E-state index contributed by atoms with van der Waals surface area (Å²) in [5.41, 5.74) is 1.79. The predicted molar refractivity (Wildman–Crippen MR) is 139 cm³/mol. The molecule has 8 nitrogen and oxygen atoms in total. The zero-order valence-electron chi connectivity index (χ0n) is 20.6. The third-order valence-corrected chi connectivity index (χ3v) is 9.63. The lowest BCUT2D eigenvalue weighted by atomic mass is 10.1. The van der Waals surface area contributed by atoms with E-state index in [2.05, 4.69) is 0 Å². The molecule has 0 bridgehead atoms. The SMILES string of the molecule is CCO[Si](CCCSC(CC(=O)OCc1ccccc1)c1ccc([N+](=O)[O-])cc1)(OCC)OCC. The number of nitro groups is 1. The summed E-state index contributed by atoms with van der Waals surface area (Å²) in [6.45, 7) is 7.58. The average Bonchev–Trinajstić information content (AvgIpc) is 2.86. The van der Waals surface area contributed by atoms with Crippen molar-refractivity contribution in [1.29, 1.82) is 0 Å². The van der Waals surface area contributed by atoms with Gasteiger partial charge < -0.3 is 18.0 Å². The van der Waals surface area contributed by atoms with E-state index >= 15 is 0 Å². The fourth-order valence-electron chi connectivity index (χ4n) is 3.55. The highest BCUT2D eigenvalue weighted by molar-refractivity contribution is 7.99. The van der Waals surface area contributed by atoms with Crippen LogP contribution in [0.1, 0.15) is 50.0 Å². The normalized spacial score (nSPS) is 12.3. The van der Waals surface area contributed by atoms with Crippen LogP contribution in [0, 0.1) is 10.1 Å². The van der Waals surface area contributed by atoms with Crippen LogP contribution in [0.4, 0.5) is 5.69 Å². The van der Waals surface area contributed by atoms with Crippen LogP contribution in [0.15, 0.2) is 54.6 Å². The number of hydrogen-bond acceptors (Lipinski definition) is 8. The second-order valence-corrected chi connectivity index (χ2v) is 11.7. The lowest BCUT2D eigenvalue weighted by Crippen LogP contribution is -2.46. The highest BCUT2D eigenvalue weighted by Gasteiger charge is 2.39. The van der Waals surface area contributed by atoms with Gasteiger partial charge in [-0.1, -0.05) is 42.5 Å². The summed E-state index contributed by atoms with van der Waals surface area (Å²) < 4.78 is 23.3. The van der Waals surface area contributed by atoms with Crippen molar-refractivity contribution >= 4 is 32.2 Å². The van der Waals surface area contributed by atoms with Crippen molar-refractivity contribution in [3.05, 3.63) is 75.8 Å². The number of hydrogen-bond donors (Lipinski definition) is 0. The maximum absolute atomic E-state index is 12.6. The van der Waals surface area contributed by atoms with Gasteiger partial charge in [0.05, 0.1) is 11.3 Å². The molecule has 2 aromatic carbocycles. The number of ether oxygens (including phenoxy) is 1. The number of carbonyl (C=O) groups is 1. The lowest BCUT2D eigenvalue weighted by molar-refractivity contribution is -0.384. The van der Waals surface area contributed by atoms with E-state index in [0.29, 0.717) is 25.9 Å². The van der Waals surface area contributed by atoms with E-state index in [1.807, 2.05) is 51.1 Å². The molecule has 0 aliphatic heterocycles. The fraction of sp³-hybridized carbons (Fsp3) is 0.480. The highest BCUT2D eigenvalue weighted by Crippen LogP contribution is 2.35. The van der Waals surface area contributed by atoms with Crippen molar-refractivity contribution in [1.82, 2.24) is 0 Å². The molecule has 2 rings (SSSR count). The third kappa shape index (κ3) is 10.1. The van der Waals surface area contributed by atoms with Crippen LogP contribution in [-0.4, -0.2) is 45.3 Å². The zero-order valence-corrected chi connectivity index (χ0v) is 22.5. The quantitative estimate of drug-likeness (QED) is 0.0829. The molecule has 0 aromatic heterocycles. The number of carbonyl (C=O) groups excluding carboxylic acids is 1. The second-order valence-electron chi connectivity index (χ2n) is 7.64. The Balaban J connectivity index is 2.02. The van der Waals surface area contributed by atoms with Crippen molar-refractivity contribution in [3.63, 3.8) is 0 Å². The largest absolute Gasteiger partial charge is 0.500 e. The van der Waals surface area contributed by atoms with Crippen molar-refractivity contribution < 1.29 is 27.7 Å². The van der Waals surface area contributed by atoms with Gasteiger partial charge in [0.1, 0.15) is 6.61 Å². The van der Waals surface area contributed by atoms with Gasteiger partial charge in [-0.15, -0.1) is 0 Å². The molecule has 0 saturated carbocycles. The number of nitro benzene ring substituents is 1. The van der Waals surface area contributed by atoms with Gasteiger partial charge in [-0.05, 0) is 44.1 Å². The molecular weight excluding hydrogens is 486 g/mol. The number of nitrogens with zero attached hydrogens (tertiary/aromatic N) is 1. The Morgan fingerprint density at radius 1 is 0.971 bits per heavy atom. The van der Waals surface area contributed by atoms with Crippen molar-refractivity contribution in [2.24, 2.45) is 0 Å². The second kappa shape index (κ2) is 15.7. The molecule has 0 heterocycles. The molecule has 0 amide bonds. The molecule has 0 saturated heterocycles. The monoisotopic (exact) mass is 521 g/mol. The summed E-state index contributed by atoms with van der Waals surface area (Å²) in [4.78, 5) is 23.2. The Labute approximate surface area is 212 Å². The van der Waals surface area contributed by atoms with Crippen LogP contribution >= 0.6 is 11.8 Å². The van der Waals surface area contributed by atoms with E-state index in [-0.39, 0.29) is 29.9 Å². The highest BCUT2D eigenvalue weighted by atomic mass is 32.2. The number of non-ortho nitro benzene ring substituents is 1. The summed E-state index contributed by atoms with van der Waals surface area (Å²) in [6.07, 6.45) is 0.958. The summed E-state index contributed by atoms with van der Waals surface area (Å²) in [7, 11) is -2.73. The van der Waals surface area contributed by atoms with Gasteiger partial charge >= 0.3 is 14.8 Å². The minimum Gasteiger partial charge on any atom is -0.461 e. The van der Waals surface area contributed by atoms with Crippen LogP contribution in [0.5, 0.6) is 0 Å². The molecule has 1 atom stereocenters. The topological polar surface area (TPSA) is 97.1 Å². The minimum absolute atomic E-state index is 0.0186. The van der Waals surface area contributed by atoms with E-state index in [0.717, 1.165) is 23.3 Å². The molecule has 0 spiro atoms. The molecule has 1 unspecified atom stereocenters. The van der Waals surface area contributed by atoms with E-state index in [9.17, 15) is 14.9 Å². The molecule has 0 fully saturated rings. The van der Waals surface area contributed by atoms with Crippen LogP contribution in [0.3, 0.4) is 0 Å². The number of benzene rings is 2. The Kier molecular flexibility index (Phi) is 13.0. The Morgan fingerprint density at radius 2 is 1.57 bits per heavy atom. The van der Waals surface area contributed by atoms with Gasteiger partial charge in [-0.2, -0.15) is 11.8 Å². The van der Waals surface area contributed by atoms with Gasteiger partial charge in [-0.3, -0.25) is 14.9 Å². The first-order valence-corrected chi connectivity index (χ1v) is 14.9. The van der Waals surface area contributed by atoms with Crippen LogP contribution < -0.4 is 0 Å². The maximum atomic E-state index is 12.6. The van der Waals surface area contributed by atoms with E-state index < -0.39 is 13.7 Å². The van der Waals surface area contributed by atoms with Gasteiger partial charge in [0.25, 0.3) is 5.69 Å². The van der Waals surface area contributed by atoms with Gasteiger partial charge in [0, 0.05) is 43.2 Å². The van der Waals surface area contributed by atoms with Crippen LogP contribution in [0.25, 0.3) is 0 Å². The van der Waals surface area contributed by atoms with Gasteiger partial charge in [0.15, 0.2) is 0 Å². The molecule has 0 aliphatic rings. The smallest absolute Gasteiger partial charge is 0.461 e. The number of esters is 1. The molecule has 0 radical (unpaired) electrons. The standard InChI is InChI=1S/C25H35NO7SSi/c1-4-31-35(32-5-2,33-6-3)18-10-17-34-24(22-13-15-23(16-14-22)26(28)29)19-25(27)30-20-21-11-8-7-9-12-21/h7-9,11-16,24H,4-6,10,17-20H2,1-3H3. The van der Waals surface area contributed by atoms with Gasteiger partial charge in [-0.25, -0.2) is 0 Å². The molecule has 192 valence electrons. The van der Waals surface area contributed by atoms with Crippen LogP contribution in [-0.2, 0) is 29.4 Å². The van der Waals surface area contributed by atoms with Crippen molar-refractivity contribution in [3.8, 4) is 0 Å². The molecule has 2 aromatic rings. The molecule has 0 aliphatic carbocycles. The molecule has 0 N–H and O–H groups in total. The molecule has 35 heavy (non-hydrogen) atoms. The Morgan fingerprint density at radius 3 is 2.11 bits per heavy atom. The molecular formula is C25H35NO7SSi. The van der Waals surface area contributed by atoms with E-state index in [1.54, 1.807) is 23.9 Å². The van der Waals surface area contributed by atoms with Gasteiger partial charge in [0.2, 0.25) is 0 Å². The number of thioether (sulfide) groups is 1. The fourth-order valence-corrected chi connectivity index (χ4v) is 7.62. The third-order valence-electron chi connectivity index (χ3n) is 5.11.